The fourth-order valence-corrected chi connectivity index (χ4v) is 3.60. The number of aliphatic hydroxyl groups is 2. The van der Waals surface area contributed by atoms with Gasteiger partial charge in [-0.15, -0.1) is 0 Å². The molecule has 1 aliphatic heterocycles. The van der Waals surface area contributed by atoms with Gasteiger partial charge in [0, 0.05) is 37.4 Å². The number of nitrogens with one attached hydrogen (secondary N) is 1. The van der Waals surface area contributed by atoms with Crippen LogP contribution in [0.25, 0.3) is 0 Å². The molecule has 2 unspecified atom stereocenters. The molecule has 0 amide bonds. The van der Waals surface area contributed by atoms with Crippen LogP contribution in [0.2, 0.25) is 0 Å². The molecule has 3 rings (SSSR count). The highest BCUT2D eigenvalue weighted by atomic mass is 16.6. The Morgan fingerprint density at radius 1 is 1.25 bits per heavy atom. The van der Waals surface area contributed by atoms with E-state index in [0.29, 0.717) is 37.3 Å². The van der Waals surface area contributed by atoms with Crippen molar-refractivity contribution >= 4 is 17.1 Å². The van der Waals surface area contributed by atoms with E-state index in [4.69, 9.17) is 5.73 Å². The Balaban J connectivity index is 1.66. The molecule has 28 heavy (non-hydrogen) atoms. The fourth-order valence-electron chi connectivity index (χ4n) is 3.60. The fraction of sp³-hybridized carbons (Fsp3) is 0.400. The lowest BCUT2D eigenvalue weighted by molar-refractivity contribution is -0.383. The first-order valence-corrected chi connectivity index (χ1v) is 9.35. The quantitative estimate of drug-likeness (QED) is 0.326. The average Bonchev–Trinajstić information content (AvgIpc) is 2.68. The first kappa shape index (κ1) is 20.1. The number of nitro groups is 1. The molecular weight excluding hydrogens is 360 g/mol. The summed E-state index contributed by atoms with van der Waals surface area (Å²) in [7, 11) is 0. The Labute approximate surface area is 163 Å². The number of likely N-dealkylation sites (tertiary alicyclic amines) is 1. The van der Waals surface area contributed by atoms with E-state index < -0.39 is 4.92 Å². The number of hydrogen-bond acceptors (Lipinski definition) is 7. The molecule has 0 aromatic heterocycles. The van der Waals surface area contributed by atoms with E-state index in [2.05, 4.69) is 16.3 Å². The third-order valence-electron chi connectivity index (χ3n) is 5.10. The van der Waals surface area contributed by atoms with Crippen molar-refractivity contribution < 1.29 is 15.1 Å². The van der Waals surface area contributed by atoms with E-state index in [-0.39, 0.29) is 24.4 Å². The van der Waals surface area contributed by atoms with Gasteiger partial charge in [0.25, 0.3) is 5.69 Å². The normalized spacial score (nSPS) is 20.1. The lowest BCUT2D eigenvalue weighted by Crippen LogP contribution is -2.45. The first-order valence-electron chi connectivity index (χ1n) is 9.35. The molecule has 0 spiro atoms. The van der Waals surface area contributed by atoms with Crippen molar-refractivity contribution in [1.82, 2.24) is 4.90 Å². The molecule has 2 aromatic rings. The van der Waals surface area contributed by atoms with Crippen LogP contribution in [0.1, 0.15) is 24.0 Å². The Morgan fingerprint density at radius 3 is 2.79 bits per heavy atom. The number of hydrogen-bond donors (Lipinski definition) is 4. The number of aliphatic hydroxyl groups excluding tert-OH is 2. The molecule has 1 fully saturated rings. The Hall–Kier alpha value is -2.68. The largest absolute Gasteiger partial charge is 0.399 e. The standard InChI is InChI=1S/C20H26N4O4/c21-16-4-5-19(20(9-16)24(27)28)22-11-14-2-1-3-15(8-14)12-23-7-6-18(26)10-17(23)13-25/h1-5,8-9,17-18,22,25-26H,6-7,10-13,21H2. The van der Waals surface area contributed by atoms with Crippen LogP contribution in [0, 0.1) is 10.1 Å². The second kappa shape index (κ2) is 9.01. The predicted octanol–water partition coefficient (Wildman–Crippen LogP) is 2.11. The highest BCUT2D eigenvalue weighted by Gasteiger charge is 2.26. The summed E-state index contributed by atoms with van der Waals surface area (Å²) in [5.74, 6) is 0. The number of nitrogens with zero attached hydrogens (tertiary/aromatic N) is 2. The second-order valence-corrected chi connectivity index (χ2v) is 7.19. The zero-order valence-electron chi connectivity index (χ0n) is 15.6. The van der Waals surface area contributed by atoms with Gasteiger partial charge in [0.1, 0.15) is 5.69 Å². The zero-order valence-corrected chi connectivity index (χ0v) is 15.6. The first-order chi connectivity index (χ1) is 13.5. The van der Waals surface area contributed by atoms with Gasteiger partial charge in [-0.2, -0.15) is 0 Å². The second-order valence-electron chi connectivity index (χ2n) is 7.19. The maximum Gasteiger partial charge on any atom is 0.294 e. The van der Waals surface area contributed by atoms with Crippen molar-refractivity contribution in [3.8, 4) is 0 Å². The van der Waals surface area contributed by atoms with Crippen LogP contribution in [-0.4, -0.2) is 45.3 Å². The average molecular weight is 386 g/mol. The van der Waals surface area contributed by atoms with Crippen LogP contribution in [0.4, 0.5) is 17.1 Å². The number of piperidine rings is 1. The Bertz CT molecular complexity index is 830. The summed E-state index contributed by atoms with van der Waals surface area (Å²) in [5, 5.41) is 33.7. The van der Waals surface area contributed by atoms with E-state index in [1.165, 1.54) is 6.07 Å². The molecule has 150 valence electrons. The van der Waals surface area contributed by atoms with E-state index in [0.717, 1.165) is 17.7 Å². The highest BCUT2D eigenvalue weighted by molar-refractivity contribution is 5.66. The van der Waals surface area contributed by atoms with Gasteiger partial charge in [-0.25, -0.2) is 0 Å². The van der Waals surface area contributed by atoms with E-state index >= 15 is 0 Å². The van der Waals surface area contributed by atoms with Gasteiger partial charge in [-0.3, -0.25) is 15.0 Å². The van der Waals surface area contributed by atoms with Crippen molar-refractivity contribution in [2.45, 2.75) is 38.1 Å². The van der Waals surface area contributed by atoms with Crippen LogP contribution in [-0.2, 0) is 13.1 Å². The summed E-state index contributed by atoms with van der Waals surface area (Å²) >= 11 is 0. The third kappa shape index (κ3) is 4.98. The topological polar surface area (TPSA) is 125 Å². The summed E-state index contributed by atoms with van der Waals surface area (Å²) in [6, 6.07) is 12.5. The molecule has 8 heteroatoms. The van der Waals surface area contributed by atoms with Gasteiger partial charge >= 0.3 is 0 Å². The van der Waals surface area contributed by atoms with Gasteiger partial charge in [0.05, 0.1) is 17.6 Å². The number of nitrogen functional groups attached to an aromatic ring is 1. The minimum atomic E-state index is -0.449. The monoisotopic (exact) mass is 386 g/mol. The van der Waals surface area contributed by atoms with Crippen molar-refractivity contribution in [3.63, 3.8) is 0 Å². The highest BCUT2D eigenvalue weighted by Crippen LogP contribution is 2.27. The minimum Gasteiger partial charge on any atom is -0.399 e. The number of rotatable bonds is 7. The summed E-state index contributed by atoms with van der Waals surface area (Å²) in [4.78, 5) is 12.9. The van der Waals surface area contributed by atoms with E-state index in [1.807, 2.05) is 18.2 Å². The molecule has 8 nitrogen and oxygen atoms in total. The number of nitro benzene ring substituents is 1. The smallest absolute Gasteiger partial charge is 0.294 e. The zero-order chi connectivity index (χ0) is 20.1. The molecule has 1 heterocycles. The number of anilines is 2. The van der Waals surface area contributed by atoms with Crippen LogP contribution in [0.5, 0.6) is 0 Å². The summed E-state index contributed by atoms with van der Waals surface area (Å²) in [6.07, 6.45) is 0.941. The van der Waals surface area contributed by atoms with E-state index in [9.17, 15) is 20.3 Å². The Morgan fingerprint density at radius 2 is 2.04 bits per heavy atom. The van der Waals surface area contributed by atoms with E-state index in [1.54, 1.807) is 12.1 Å². The SMILES string of the molecule is Nc1ccc(NCc2cccc(CN3CCC(O)CC3CO)c2)c([N+](=O)[O-])c1. The van der Waals surface area contributed by atoms with Gasteiger partial charge in [0.15, 0.2) is 0 Å². The molecule has 0 radical (unpaired) electrons. The molecule has 0 bridgehead atoms. The van der Waals surface area contributed by atoms with Gasteiger partial charge in [-0.1, -0.05) is 24.3 Å². The van der Waals surface area contributed by atoms with Crippen molar-refractivity contribution in [2.75, 3.05) is 24.2 Å². The molecule has 2 aromatic carbocycles. The molecule has 1 saturated heterocycles. The molecule has 5 N–H and O–H groups in total. The number of nitrogens with two attached hydrogens (primary N) is 1. The van der Waals surface area contributed by atoms with Crippen molar-refractivity contribution in [2.24, 2.45) is 0 Å². The molecule has 1 aliphatic rings. The lowest BCUT2D eigenvalue weighted by atomic mass is 9.99. The molecule has 0 saturated carbocycles. The maximum absolute atomic E-state index is 11.2. The molecular formula is C20H26N4O4. The summed E-state index contributed by atoms with van der Waals surface area (Å²) < 4.78 is 0. The molecule has 2 atom stereocenters. The maximum atomic E-state index is 11.2. The van der Waals surface area contributed by atoms with Crippen LogP contribution >= 0.6 is 0 Å². The van der Waals surface area contributed by atoms with Gasteiger partial charge < -0.3 is 21.3 Å². The Kier molecular flexibility index (Phi) is 6.45. The lowest BCUT2D eigenvalue weighted by Gasteiger charge is -2.37. The van der Waals surface area contributed by atoms with Crippen LogP contribution in [0.15, 0.2) is 42.5 Å². The third-order valence-corrected chi connectivity index (χ3v) is 5.10. The minimum absolute atomic E-state index is 0.0269. The van der Waals surface area contributed by atoms with Crippen molar-refractivity contribution in [1.29, 1.82) is 0 Å². The summed E-state index contributed by atoms with van der Waals surface area (Å²) in [6.45, 7) is 1.90. The van der Waals surface area contributed by atoms with Gasteiger partial charge in [-0.05, 0) is 36.1 Å². The molecule has 0 aliphatic carbocycles. The van der Waals surface area contributed by atoms with Gasteiger partial charge in [0.2, 0.25) is 0 Å². The van der Waals surface area contributed by atoms with Crippen LogP contribution in [0.3, 0.4) is 0 Å². The van der Waals surface area contributed by atoms with Crippen LogP contribution < -0.4 is 11.1 Å². The van der Waals surface area contributed by atoms with Crippen molar-refractivity contribution in [3.05, 3.63) is 63.7 Å². The predicted molar refractivity (Wildman–Crippen MR) is 108 cm³/mol. The summed E-state index contributed by atoms with van der Waals surface area (Å²) in [5.41, 5.74) is 8.47. The number of benzene rings is 2.